The van der Waals surface area contributed by atoms with E-state index in [1.807, 2.05) is 24.3 Å². The van der Waals surface area contributed by atoms with E-state index in [4.69, 9.17) is 11.2 Å². The van der Waals surface area contributed by atoms with Crippen LogP contribution in [0, 0.1) is 12.3 Å². The van der Waals surface area contributed by atoms with Crippen molar-refractivity contribution >= 4 is 0 Å². The van der Waals surface area contributed by atoms with Crippen molar-refractivity contribution in [2.45, 2.75) is 6.10 Å². The maximum atomic E-state index is 9.74. The molecule has 0 saturated carbocycles. The molecule has 0 bridgehead atoms. The fourth-order valence-electron chi connectivity index (χ4n) is 1.22. The van der Waals surface area contributed by atoms with Crippen molar-refractivity contribution in [1.29, 1.82) is 0 Å². The Morgan fingerprint density at radius 1 is 1.47 bits per heavy atom. The summed E-state index contributed by atoms with van der Waals surface area (Å²) in [5, 5.41) is 12.7. The van der Waals surface area contributed by atoms with E-state index in [2.05, 4.69) is 11.2 Å². The molecule has 0 aliphatic carbocycles. The van der Waals surface area contributed by atoms with Crippen molar-refractivity contribution in [3.8, 4) is 18.1 Å². The lowest BCUT2D eigenvalue weighted by Crippen LogP contribution is -2.21. The SMILES string of the molecule is C#CCNCC(O)c1ccc(OC)cc1. The molecule has 1 aromatic carbocycles. The van der Waals surface area contributed by atoms with Crippen LogP contribution in [0.5, 0.6) is 5.75 Å². The van der Waals surface area contributed by atoms with E-state index in [1.165, 1.54) is 0 Å². The zero-order valence-corrected chi connectivity index (χ0v) is 8.73. The summed E-state index contributed by atoms with van der Waals surface area (Å²) in [6, 6.07) is 7.31. The Morgan fingerprint density at radius 2 is 2.13 bits per heavy atom. The summed E-state index contributed by atoms with van der Waals surface area (Å²) in [4.78, 5) is 0. The van der Waals surface area contributed by atoms with Gasteiger partial charge in [0.25, 0.3) is 0 Å². The summed E-state index contributed by atoms with van der Waals surface area (Å²) in [7, 11) is 1.61. The van der Waals surface area contributed by atoms with Crippen LogP contribution in [-0.2, 0) is 0 Å². The number of methoxy groups -OCH3 is 1. The average molecular weight is 205 g/mol. The maximum absolute atomic E-state index is 9.74. The molecule has 0 aromatic heterocycles. The highest BCUT2D eigenvalue weighted by atomic mass is 16.5. The van der Waals surface area contributed by atoms with Crippen LogP contribution in [0.4, 0.5) is 0 Å². The minimum absolute atomic E-state index is 0.455. The third-order valence-electron chi connectivity index (χ3n) is 2.07. The van der Waals surface area contributed by atoms with Gasteiger partial charge in [0.15, 0.2) is 0 Å². The molecule has 80 valence electrons. The summed E-state index contributed by atoms with van der Waals surface area (Å²) in [6.45, 7) is 0.920. The molecule has 0 aliphatic rings. The van der Waals surface area contributed by atoms with E-state index in [0.29, 0.717) is 13.1 Å². The number of rotatable bonds is 5. The van der Waals surface area contributed by atoms with Crippen molar-refractivity contribution < 1.29 is 9.84 Å². The number of aliphatic hydroxyl groups is 1. The Morgan fingerprint density at radius 3 is 2.67 bits per heavy atom. The predicted molar refractivity (Wildman–Crippen MR) is 59.7 cm³/mol. The molecule has 0 amide bonds. The van der Waals surface area contributed by atoms with Crippen LogP contribution in [0.25, 0.3) is 0 Å². The molecule has 1 aromatic rings. The zero-order valence-electron chi connectivity index (χ0n) is 8.73. The van der Waals surface area contributed by atoms with Crippen LogP contribution in [-0.4, -0.2) is 25.3 Å². The zero-order chi connectivity index (χ0) is 11.1. The van der Waals surface area contributed by atoms with Gasteiger partial charge in [-0.1, -0.05) is 18.1 Å². The number of hydrogen-bond donors (Lipinski definition) is 2. The van der Waals surface area contributed by atoms with E-state index >= 15 is 0 Å². The van der Waals surface area contributed by atoms with Crippen molar-refractivity contribution in [2.24, 2.45) is 0 Å². The number of ether oxygens (including phenoxy) is 1. The van der Waals surface area contributed by atoms with Crippen molar-refractivity contribution in [3.05, 3.63) is 29.8 Å². The highest BCUT2D eigenvalue weighted by molar-refractivity contribution is 5.28. The fraction of sp³-hybridized carbons (Fsp3) is 0.333. The van der Waals surface area contributed by atoms with Crippen LogP contribution in [0.2, 0.25) is 0 Å². The molecule has 0 radical (unpaired) electrons. The summed E-state index contributed by atoms with van der Waals surface area (Å²) in [5.74, 6) is 3.23. The maximum Gasteiger partial charge on any atom is 0.118 e. The van der Waals surface area contributed by atoms with Crippen molar-refractivity contribution in [2.75, 3.05) is 20.2 Å². The standard InChI is InChI=1S/C12H15NO2/c1-3-8-13-9-12(14)10-4-6-11(15-2)7-5-10/h1,4-7,12-14H,8-9H2,2H3. The summed E-state index contributed by atoms with van der Waals surface area (Å²) in [6.07, 6.45) is 4.54. The van der Waals surface area contributed by atoms with Crippen LogP contribution in [0.3, 0.4) is 0 Å². The van der Waals surface area contributed by atoms with E-state index in [-0.39, 0.29) is 0 Å². The molecular formula is C12H15NO2. The van der Waals surface area contributed by atoms with Gasteiger partial charge in [-0.3, -0.25) is 0 Å². The second-order valence-corrected chi connectivity index (χ2v) is 3.12. The number of hydrogen-bond acceptors (Lipinski definition) is 3. The van der Waals surface area contributed by atoms with Gasteiger partial charge in [-0.05, 0) is 17.7 Å². The molecule has 2 N–H and O–H groups in total. The van der Waals surface area contributed by atoms with Gasteiger partial charge in [0.2, 0.25) is 0 Å². The smallest absolute Gasteiger partial charge is 0.118 e. The molecule has 15 heavy (non-hydrogen) atoms. The minimum Gasteiger partial charge on any atom is -0.497 e. The number of terminal acetylenes is 1. The first-order valence-electron chi connectivity index (χ1n) is 4.74. The monoisotopic (exact) mass is 205 g/mol. The van der Waals surface area contributed by atoms with Crippen LogP contribution in [0.1, 0.15) is 11.7 Å². The first kappa shape index (κ1) is 11.6. The van der Waals surface area contributed by atoms with Gasteiger partial charge in [0.1, 0.15) is 5.75 Å². The summed E-state index contributed by atoms with van der Waals surface area (Å²) < 4.78 is 5.02. The third kappa shape index (κ3) is 3.62. The summed E-state index contributed by atoms with van der Waals surface area (Å²) >= 11 is 0. The molecule has 1 rings (SSSR count). The highest BCUT2D eigenvalue weighted by Crippen LogP contribution is 2.16. The van der Waals surface area contributed by atoms with Crippen LogP contribution >= 0.6 is 0 Å². The van der Waals surface area contributed by atoms with E-state index in [9.17, 15) is 5.11 Å². The number of aliphatic hydroxyl groups excluding tert-OH is 1. The molecule has 3 nitrogen and oxygen atoms in total. The molecule has 1 unspecified atom stereocenters. The highest BCUT2D eigenvalue weighted by Gasteiger charge is 2.05. The number of nitrogens with one attached hydrogen (secondary N) is 1. The van der Waals surface area contributed by atoms with Gasteiger partial charge >= 0.3 is 0 Å². The quantitative estimate of drug-likeness (QED) is 0.555. The Kier molecular flexibility index (Phi) is 4.69. The topological polar surface area (TPSA) is 41.5 Å². The second kappa shape index (κ2) is 6.07. The summed E-state index contributed by atoms with van der Waals surface area (Å²) in [5.41, 5.74) is 0.848. The number of benzene rings is 1. The molecule has 3 heteroatoms. The van der Waals surface area contributed by atoms with Gasteiger partial charge in [-0.25, -0.2) is 0 Å². The first-order chi connectivity index (χ1) is 7.27. The Labute approximate surface area is 90.1 Å². The van der Waals surface area contributed by atoms with E-state index in [0.717, 1.165) is 11.3 Å². The fourth-order valence-corrected chi connectivity index (χ4v) is 1.22. The van der Waals surface area contributed by atoms with E-state index in [1.54, 1.807) is 7.11 Å². The first-order valence-corrected chi connectivity index (χ1v) is 4.74. The Bertz CT molecular complexity index is 326. The van der Waals surface area contributed by atoms with Gasteiger partial charge in [-0.2, -0.15) is 0 Å². The van der Waals surface area contributed by atoms with Crippen molar-refractivity contribution in [3.63, 3.8) is 0 Å². The Hall–Kier alpha value is -1.50. The van der Waals surface area contributed by atoms with Gasteiger partial charge in [-0.15, -0.1) is 6.42 Å². The van der Waals surface area contributed by atoms with Gasteiger partial charge < -0.3 is 15.2 Å². The second-order valence-electron chi connectivity index (χ2n) is 3.12. The van der Waals surface area contributed by atoms with Gasteiger partial charge in [0.05, 0.1) is 19.8 Å². The molecule has 0 heterocycles. The minimum atomic E-state index is -0.538. The molecule has 1 atom stereocenters. The lowest BCUT2D eigenvalue weighted by Gasteiger charge is -2.11. The third-order valence-corrected chi connectivity index (χ3v) is 2.07. The molecule has 0 spiro atoms. The normalized spacial score (nSPS) is 11.8. The van der Waals surface area contributed by atoms with Crippen LogP contribution in [0.15, 0.2) is 24.3 Å². The van der Waals surface area contributed by atoms with E-state index < -0.39 is 6.10 Å². The Balaban J connectivity index is 2.51. The molecule has 0 saturated heterocycles. The van der Waals surface area contributed by atoms with Crippen LogP contribution < -0.4 is 10.1 Å². The molecule has 0 aliphatic heterocycles. The van der Waals surface area contributed by atoms with Crippen molar-refractivity contribution in [1.82, 2.24) is 5.32 Å². The lowest BCUT2D eigenvalue weighted by molar-refractivity contribution is 0.176. The predicted octanol–water partition coefficient (Wildman–Crippen LogP) is 0.951. The average Bonchev–Trinajstić information content (AvgIpc) is 2.29. The molecule has 0 fully saturated rings. The largest absolute Gasteiger partial charge is 0.497 e. The lowest BCUT2D eigenvalue weighted by atomic mass is 10.1. The molecular weight excluding hydrogens is 190 g/mol. The van der Waals surface area contributed by atoms with Gasteiger partial charge in [0, 0.05) is 6.54 Å².